The van der Waals surface area contributed by atoms with E-state index in [9.17, 15) is 0 Å². The summed E-state index contributed by atoms with van der Waals surface area (Å²) in [5, 5.41) is 17.8. The molecule has 9 heavy (non-hydrogen) atoms. The zero-order chi connectivity index (χ0) is 6.85. The highest BCUT2D eigenvalue weighted by Crippen LogP contribution is 2.13. The lowest BCUT2D eigenvalue weighted by molar-refractivity contribution is -0.134. The molecule has 0 amide bonds. The summed E-state index contributed by atoms with van der Waals surface area (Å²) in [5.74, 6) is 0. The first-order chi connectivity index (χ1) is 4.25. The van der Waals surface area contributed by atoms with Crippen LogP contribution in [0.1, 0.15) is 0 Å². The minimum Gasteiger partial charge on any atom is -0.388 e. The van der Waals surface area contributed by atoms with Gasteiger partial charge in [-0.2, -0.15) is 0 Å². The van der Waals surface area contributed by atoms with Crippen LogP contribution in [0.4, 0.5) is 0 Å². The van der Waals surface area contributed by atoms with Gasteiger partial charge < -0.3 is 19.7 Å². The summed E-state index contributed by atoms with van der Waals surface area (Å²) >= 11 is 0. The van der Waals surface area contributed by atoms with Crippen LogP contribution in [-0.2, 0) is 9.47 Å². The predicted octanol–water partition coefficient (Wildman–Crippen LogP) is -1.29. The average Bonchev–Trinajstić information content (AvgIpc) is 2.15. The van der Waals surface area contributed by atoms with Crippen LogP contribution >= 0.6 is 0 Å². The van der Waals surface area contributed by atoms with Gasteiger partial charge in [0.1, 0.15) is 12.2 Å². The van der Waals surface area contributed by atoms with E-state index in [0.29, 0.717) is 0 Å². The van der Waals surface area contributed by atoms with Gasteiger partial charge in [-0.3, -0.25) is 0 Å². The molecule has 4 nitrogen and oxygen atoms in total. The van der Waals surface area contributed by atoms with Crippen LogP contribution in [0, 0.1) is 0 Å². The summed E-state index contributed by atoms with van der Waals surface area (Å²) < 4.78 is 9.47. The molecule has 4 heteroatoms. The van der Waals surface area contributed by atoms with E-state index < -0.39 is 18.5 Å². The summed E-state index contributed by atoms with van der Waals surface area (Å²) in [6.45, 7) is 0.152. The lowest BCUT2D eigenvalue weighted by atomic mass is 10.2. The fourth-order valence-electron chi connectivity index (χ4n) is 0.779. The summed E-state index contributed by atoms with van der Waals surface area (Å²) in [7, 11) is 1.42. The maximum atomic E-state index is 8.96. The Labute approximate surface area is 53.0 Å². The molecule has 0 aliphatic carbocycles. The standard InChI is InChI=1S/C5H10O4/c1-8-5-4(7)3(6)2-9-5/h3-7H,2H2,1H3/t3-,4-,5+/m1/s1. The van der Waals surface area contributed by atoms with Crippen LogP contribution in [0.2, 0.25) is 0 Å². The maximum Gasteiger partial charge on any atom is 0.185 e. The van der Waals surface area contributed by atoms with Crippen LogP contribution in [0.5, 0.6) is 0 Å². The molecule has 54 valence electrons. The van der Waals surface area contributed by atoms with Crippen molar-refractivity contribution in [2.75, 3.05) is 13.7 Å². The van der Waals surface area contributed by atoms with Crippen molar-refractivity contribution in [3.63, 3.8) is 0 Å². The van der Waals surface area contributed by atoms with Gasteiger partial charge in [0.15, 0.2) is 6.29 Å². The number of rotatable bonds is 1. The van der Waals surface area contributed by atoms with Crippen LogP contribution in [0.3, 0.4) is 0 Å². The molecule has 0 aromatic heterocycles. The second kappa shape index (κ2) is 2.62. The Hall–Kier alpha value is -0.160. The van der Waals surface area contributed by atoms with Crippen LogP contribution in [-0.4, -0.2) is 42.4 Å². The normalized spacial score (nSPS) is 43.7. The largest absolute Gasteiger partial charge is 0.388 e. The summed E-state index contributed by atoms with van der Waals surface area (Å²) in [5.41, 5.74) is 0. The van der Waals surface area contributed by atoms with E-state index in [0.717, 1.165) is 0 Å². The molecule has 0 aromatic rings. The van der Waals surface area contributed by atoms with Gasteiger partial charge in [0.25, 0.3) is 0 Å². The third-order valence-corrected chi connectivity index (χ3v) is 1.34. The van der Waals surface area contributed by atoms with Gasteiger partial charge in [-0.05, 0) is 0 Å². The van der Waals surface area contributed by atoms with Gasteiger partial charge in [0.05, 0.1) is 6.61 Å². The monoisotopic (exact) mass is 134 g/mol. The molecular weight excluding hydrogens is 124 g/mol. The highest BCUT2D eigenvalue weighted by Gasteiger charge is 2.34. The van der Waals surface area contributed by atoms with Crippen LogP contribution in [0.25, 0.3) is 0 Å². The van der Waals surface area contributed by atoms with Gasteiger partial charge in [0.2, 0.25) is 0 Å². The third-order valence-electron chi connectivity index (χ3n) is 1.34. The Morgan fingerprint density at radius 2 is 2.22 bits per heavy atom. The molecule has 0 spiro atoms. The molecule has 1 rings (SSSR count). The molecule has 1 saturated heterocycles. The Balaban J connectivity index is 2.41. The van der Waals surface area contributed by atoms with Crippen molar-refractivity contribution in [3.05, 3.63) is 0 Å². The van der Waals surface area contributed by atoms with E-state index in [-0.39, 0.29) is 6.61 Å². The molecule has 2 N–H and O–H groups in total. The van der Waals surface area contributed by atoms with Gasteiger partial charge in [-0.25, -0.2) is 0 Å². The van der Waals surface area contributed by atoms with E-state index in [1.54, 1.807) is 0 Å². The SMILES string of the molecule is CO[C@H]1OC[C@@H](O)[C@H]1O. The Morgan fingerprint density at radius 3 is 2.44 bits per heavy atom. The van der Waals surface area contributed by atoms with E-state index in [1.807, 2.05) is 0 Å². The number of aliphatic hydroxyl groups is 2. The van der Waals surface area contributed by atoms with Crippen molar-refractivity contribution in [2.45, 2.75) is 18.5 Å². The van der Waals surface area contributed by atoms with Crippen molar-refractivity contribution >= 4 is 0 Å². The molecule has 1 fully saturated rings. The Morgan fingerprint density at radius 1 is 1.56 bits per heavy atom. The van der Waals surface area contributed by atoms with Gasteiger partial charge >= 0.3 is 0 Å². The fraction of sp³-hybridized carbons (Fsp3) is 1.00. The quantitative estimate of drug-likeness (QED) is 0.468. The lowest BCUT2D eigenvalue weighted by Crippen LogP contribution is -2.30. The second-order valence-corrected chi connectivity index (χ2v) is 2.00. The molecule has 0 bridgehead atoms. The molecular formula is C5H10O4. The average molecular weight is 134 g/mol. The molecule has 3 atom stereocenters. The number of methoxy groups -OCH3 is 1. The molecule has 0 unspecified atom stereocenters. The molecule has 1 aliphatic rings. The predicted molar refractivity (Wildman–Crippen MR) is 28.8 cm³/mol. The number of hydrogen-bond donors (Lipinski definition) is 2. The smallest absolute Gasteiger partial charge is 0.185 e. The summed E-state index contributed by atoms with van der Waals surface area (Å²) in [6.07, 6.45) is -2.34. The fourth-order valence-corrected chi connectivity index (χ4v) is 0.779. The van der Waals surface area contributed by atoms with E-state index in [2.05, 4.69) is 4.74 Å². The van der Waals surface area contributed by atoms with E-state index in [1.165, 1.54) is 7.11 Å². The van der Waals surface area contributed by atoms with Crippen LogP contribution < -0.4 is 0 Å². The molecule has 0 aromatic carbocycles. The topological polar surface area (TPSA) is 58.9 Å². The van der Waals surface area contributed by atoms with Crippen molar-refractivity contribution in [2.24, 2.45) is 0 Å². The minimum atomic E-state index is -0.894. The molecule has 0 saturated carbocycles. The second-order valence-electron chi connectivity index (χ2n) is 2.00. The van der Waals surface area contributed by atoms with Crippen molar-refractivity contribution in [1.82, 2.24) is 0 Å². The summed E-state index contributed by atoms with van der Waals surface area (Å²) in [6, 6.07) is 0. The van der Waals surface area contributed by atoms with E-state index >= 15 is 0 Å². The first-order valence-corrected chi connectivity index (χ1v) is 2.76. The first-order valence-electron chi connectivity index (χ1n) is 2.76. The molecule has 1 aliphatic heterocycles. The zero-order valence-corrected chi connectivity index (χ0v) is 5.15. The third kappa shape index (κ3) is 1.21. The van der Waals surface area contributed by atoms with Gasteiger partial charge in [0, 0.05) is 7.11 Å². The first kappa shape index (κ1) is 6.95. The highest BCUT2D eigenvalue weighted by molar-refractivity contribution is 4.76. The summed E-state index contributed by atoms with van der Waals surface area (Å²) in [4.78, 5) is 0. The van der Waals surface area contributed by atoms with Crippen molar-refractivity contribution < 1.29 is 19.7 Å². The number of aliphatic hydroxyl groups excluding tert-OH is 2. The van der Waals surface area contributed by atoms with Gasteiger partial charge in [-0.15, -0.1) is 0 Å². The van der Waals surface area contributed by atoms with Crippen molar-refractivity contribution in [3.8, 4) is 0 Å². The van der Waals surface area contributed by atoms with Crippen LogP contribution in [0.15, 0.2) is 0 Å². The Kier molecular flexibility index (Phi) is 2.02. The molecule has 0 radical (unpaired) electrons. The minimum absolute atomic E-state index is 0.152. The molecule has 1 heterocycles. The Bertz CT molecular complexity index is 95.0. The number of ether oxygens (including phenoxy) is 2. The zero-order valence-electron chi connectivity index (χ0n) is 5.15. The highest BCUT2D eigenvalue weighted by atomic mass is 16.7. The van der Waals surface area contributed by atoms with E-state index in [4.69, 9.17) is 14.9 Å². The van der Waals surface area contributed by atoms with Gasteiger partial charge in [-0.1, -0.05) is 0 Å². The number of hydrogen-bond acceptors (Lipinski definition) is 4. The van der Waals surface area contributed by atoms with Crippen molar-refractivity contribution in [1.29, 1.82) is 0 Å². The maximum absolute atomic E-state index is 8.96. The lowest BCUT2D eigenvalue weighted by Gasteiger charge is -2.11.